The normalized spacial score (nSPS) is 8.77. The van der Waals surface area contributed by atoms with Crippen molar-refractivity contribution in [2.75, 3.05) is 0 Å². The van der Waals surface area contributed by atoms with Crippen LogP contribution in [-0.2, 0) is 0 Å². The minimum atomic E-state index is -1.62. The van der Waals surface area contributed by atoms with Crippen LogP contribution in [0, 0.1) is 61.4 Å². The highest BCUT2D eigenvalue weighted by Gasteiger charge is 2.27. The highest BCUT2D eigenvalue weighted by molar-refractivity contribution is 6.11. The number of nitro groups is 1. The molecule has 0 bridgehead atoms. The van der Waals surface area contributed by atoms with Crippen LogP contribution in [0.3, 0.4) is 0 Å². The molecule has 1 rings (SSSR count). The summed E-state index contributed by atoms with van der Waals surface area (Å²) in [6, 6.07) is 10.5. The summed E-state index contributed by atoms with van der Waals surface area (Å²) < 4.78 is 0. The van der Waals surface area contributed by atoms with Gasteiger partial charge < -0.3 is 0 Å². The van der Waals surface area contributed by atoms with E-state index in [1.165, 1.54) is 36.4 Å². The maximum absolute atomic E-state index is 12.4. The van der Waals surface area contributed by atoms with Gasteiger partial charge >= 0.3 is 0 Å². The van der Waals surface area contributed by atoms with Crippen molar-refractivity contribution in [3.05, 3.63) is 51.1 Å². The van der Waals surface area contributed by atoms with Crippen molar-refractivity contribution < 1.29 is 9.72 Å². The summed E-state index contributed by atoms with van der Waals surface area (Å²) in [5.41, 5.74) is -1.83. The number of allylic oxidation sites excluding steroid dienone is 2. The number of carbonyl (C=O) groups is 1. The first-order chi connectivity index (χ1) is 10.5. The Morgan fingerprint density at radius 3 is 2.18 bits per heavy atom. The third-order valence-electron chi connectivity index (χ3n) is 2.60. The maximum Gasteiger partial charge on any atom is 0.270 e. The molecule has 0 spiro atoms. The van der Waals surface area contributed by atoms with Gasteiger partial charge in [-0.2, -0.15) is 21.0 Å². The molecular formula is C14H5N5O3. The number of nitriles is 4. The third-order valence-corrected chi connectivity index (χ3v) is 2.60. The topological polar surface area (TPSA) is 155 Å². The molecule has 0 atom stereocenters. The van der Waals surface area contributed by atoms with Crippen molar-refractivity contribution in [1.29, 1.82) is 21.0 Å². The SMILES string of the molecule is N#CC(C#N)=C(C(=O)c1cccc([N+](=O)[O-])c1)C(C#N)C#N. The number of ketones is 1. The fraction of sp³-hybridized carbons (Fsp3) is 0.0714. The molecule has 0 saturated carbocycles. The van der Waals surface area contributed by atoms with Crippen LogP contribution >= 0.6 is 0 Å². The molecule has 104 valence electrons. The lowest BCUT2D eigenvalue weighted by Crippen LogP contribution is -2.14. The Morgan fingerprint density at radius 2 is 1.73 bits per heavy atom. The van der Waals surface area contributed by atoms with Gasteiger partial charge in [0.1, 0.15) is 17.7 Å². The second-order valence-corrected chi connectivity index (χ2v) is 3.84. The Hall–Kier alpha value is -4.01. The molecule has 0 unspecified atom stereocenters. The van der Waals surface area contributed by atoms with Crippen molar-refractivity contribution in [3.8, 4) is 24.3 Å². The Labute approximate surface area is 124 Å². The summed E-state index contributed by atoms with van der Waals surface area (Å²) in [6.07, 6.45) is 0. The second-order valence-electron chi connectivity index (χ2n) is 3.84. The number of carbonyl (C=O) groups excluding carboxylic acids is 1. The van der Waals surface area contributed by atoms with Crippen molar-refractivity contribution in [3.63, 3.8) is 0 Å². The van der Waals surface area contributed by atoms with Crippen LogP contribution in [0.2, 0.25) is 0 Å². The molecule has 0 saturated heterocycles. The number of nitrogens with zero attached hydrogens (tertiary/aromatic N) is 5. The quantitative estimate of drug-likeness (QED) is 0.269. The zero-order valence-corrected chi connectivity index (χ0v) is 10.8. The van der Waals surface area contributed by atoms with Gasteiger partial charge in [-0.1, -0.05) is 12.1 Å². The average Bonchev–Trinajstić information content (AvgIpc) is 2.54. The molecular weight excluding hydrogens is 286 g/mol. The first kappa shape index (κ1) is 16.0. The lowest BCUT2D eigenvalue weighted by molar-refractivity contribution is -0.384. The summed E-state index contributed by atoms with van der Waals surface area (Å²) in [4.78, 5) is 22.3. The Kier molecular flexibility index (Phi) is 5.07. The zero-order valence-electron chi connectivity index (χ0n) is 10.8. The number of rotatable bonds is 4. The van der Waals surface area contributed by atoms with Crippen LogP contribution in [0.1, 0.15) is 10.4 Å². The molecule has 8 nitrogen and oxygen atoms in total. The highest BCUT2D eigenvalue weighted by atomic mass is 16.6. The molecule has 0 aliphatic rings. The van der Waals surface area contributed by atoms with Crippen molar-refractivity contribution in [1.82, 2.24) is 0 Å². The molecule has 0 aliphatic heterocycles. The fourth-order valence-electron chi connectivity index (χ4n) is 1.61. The maximum atomic E-state index is 12.4. The van der Waals surface area contributed by atoms with Crippen LogP contribution in [0.4, 0.5) is 5.69 Å². The summed E-state index contributed by atoms with van der Waals surface area (Å²) in [5.74, 6) is -2.57. The third kappa shape index (κ3) is 3.11. The van der Waals surface area contributed by atoms with Gasteiger partial charge in [0.25, 0.3) is 5.69 Å². The molecule has 0 radical (unpaired) electrons. The smallest absolute Gasteiger partial charge is 0.270 e. The Bertz CT molecular complexity index is 813. The van der Waals surface area contributed by atoms with Gasteiger partial charge in [0.2, 0.25) is 0 Å². The second kappa shape index (κ2) is 6.96. The van der Waals surface area contributed by atoms with E-state index < -0.39 is 27.8 Å². The average molecular weight is 291 g/mol. The van der Waals surface area contributed by atoms with Crippen LogP contribution in [0.25, 0.3) is 0 Å². The molecule has 0 amide bonds. The molecule has 0 heterocycles. The van der Waals surface area contributed by atoms with Crippen LogP contribution in [0.5, 0.6) is 0 Å². The van der Waals surface area contributed by atoms with E-state index in [1.807, 2.05) is 0 Å². The Balaban J connectivity index is 3.54. The molecule has 1 aromatic carbocycles. The van der Waals surface area contributed by atoms with E-state index in [-0.39, 0.29) is 11.3 Å². The molecule has 22 heavy (non-hydrogen) atoms. The van der Waals surface area contributed by atoms with Gasteiger partial charge in [-0.25, -0.2) is 0 Å². The van der Waals surface area contributed by atoms with Gasteiger partial charge in [0, 0.05) is 17.7 Å². The number of nitro benzene ring substituents is 1. The van der Waals surface area contributed by atoms with Crippen molar-refractivity contribution >= 4 is 11.5 Å². The molecule has 8 heteroatoms. The number of hydrogen-bond acceptors (Lipinski definition) is 7. The van der Waals surface area contributed by atoms with E-state index >= 15 is 0 Å². The van der Waals surface area contributed by atoms with Gasteiger partial charge in [-0.05, 0) is 0 Å². The largest absolute Gasteiger partial charge is 0.289 e. The highest BCUT2D eigenvalue weighted by Crippen LogP contribution is 2.22. The first-order valence-corrected chi connectivity index (χ1v) is 5.62. The summed E-state index contributed by atoms with van der Waals surface area (Å²) in [7, 11) is 0. The van der Waals surface area contributed by atoms with Gasteiger partial charge in [-0.15, -0.1) is 0 Å². The summed E-state index contributed by atoms with van der Waals surface area (Å²) in [5, 5.41) is 46.2. The number of benzene rings is 1. The van der Waals surface area contributed by atoms with Crippen LogP contribution in [0.15, 0.2) is 35.4 Å². The van der Waals surface area contributed by atoms with E-state index in [4.69, 9.17) is 21.0 Å². The molecule has 0 fully saturated rings. The van der Waals surface area contributed by atoms with E-state index in [0.717, 1.165) is 12.1 Å². The minimum absolute atomic E-state index is 0.192. The van der Waals surface area contributed by atoms with Crippen molar-refractivity contribution in [2.45, 2.75) is 0 Å². The zero-order chi connectivity index (χ0) is 16.7. The Morgan fingerprint density at radius 1 is 1.14 bits per heavy atom. The predicted molar refractivity (Wildman–Crippen MR) is 70.4 cm³/mol. The molecule has 0 N–H and O–H groups in total. The number of hydrogen-bond donors (Lipinski definition) is 0. The van der Waals surface area contributed by atoms with Gasteiger partial charge in [0.05, 0.1) is 22.6 Å². The van der Waals surface area contributed by atoms with Gasteiger partial charge in [-0.3, -0.25) is 14.9 Å². The van der Waals surface area contributed by atoms with Crippen LogP contribution < -0.4 is 0 Å². The van der Waals surface area contributed by atoms with E-state index in [0.29, 0.717) is 0 Å². The lowest BCUT2D eigenvalue weighted by atomic mass is 9.90. The van der Waals surface area contributed by atoms with E-state index in [1.54, 1.807) is 0 Å². The number of Topliss-reactive ketones (excluding diaryl/α,β-unsaturated/α-hetero) is 1. The first-order valence-electron chi connectivity index (χ1n) is 5.62. The van der Waals surface area contributed by atoms with E-state index in [9.17, 15) is 14.9 Å². The molecule has 1 aromatic rings. The molecule has 0 aliphatic carbocycles. The summed E-state index contributed by atoms with van der Waals surface area (Å²) in [6.45, 7) is 0. The minimum Gasteiger partial charge on any atom is -0.289 e. The van der Waals surface area contributed by atoms with Gasteiger partial charge in [0.15, 0.2) is 11.7 Å². The predicted octanol–water partition coefficient (Wildman–Crippen LogP) is 1.78. The van der Waals surface area contributed by atoms with Crippen molar-refractivity contribution in [2.24, 2.45) is 5.92 Å². The van der Waals surface area contributed by atoms with E-state index in [2.05, 4.69) is 0 Å². The summed E-state index contributed by atoms with van der Waals surface area (Å²) >= 11 is 0. The molecule has 0 aromatic heterocycles. The fourth-order valence-corrected chi connectivity index (χ4v) is 1.61. The standard InChI is InChI=1S/C14H5N5O3/c15-5-10(6-16)13(11(7-17)8-18)14(20)9-2-1-3-12(4-9)19(21)22/h1-4,10H. The number of non-ortho nitro benzene ring substituents is 1. The van der Waals surface area contributed by atoms with Crippen LogP contribution in [-0.4, -0.2) is 10.7 Å². The lowest BCUT2D eigenvalue weighted by Gasteiger charge is -2.06. The monoisotopic (exact) mass is 291 g/mol.